The first-order chi connectivity index (χ1) is 11.6. The summed E-state index contributed by atoms with van der Waals surface area (Å²) in [4.78, 5) is 23.5. The van der Waals surface area contributed by atoms with E-state index in [2.05, 4.69) is 10.6 Å². The molecule has 6 heteroatoms. The second-order valence-corrected chi connectivity index (χ2v) is 5.47. The molecular weight excluding hydrogens is 328 g/mol. The van der Waals surface area contributed by atoms with Crippen LogP contribution >= 0.6 is 11.6 Å². The number of amides is 1. The van der Waals surface area contributed by atoms with Crippen LogP contribution in [0.1, 0.15) is 23.7 Å². The first-order valence-electron chi connectivity index (χ1n) is 7.65. The Hall–Kier alpha value is -2.53. The monoisotopic (exact) mass is 346 g/mol. The summed E-state index contributed by atoms with van der Waals surface area (Å²) in [6.07, 6.45) is 0.322. The highest BCUT2D eigenvalue weighted by atomic mass is 35.5. The molecule has 0 atom stereocenters. The maximum atomic E-state index is 11.9. The van der Waals surface area contributed by atoms with Crippen LogP contribution in [0.3, 0.4) is 0 Å². The number of hydrogen-bond acceptors (Lipinski definition) is 4. The molecule has 0 saturated carbocycles. The van der Waals surface area contributed by atoms with Crippen molar-refractivity contribution >= 4 is 34.9 Å². The Bertz CT molecular complexity index is 684. The fourth-order valence-corrected chi connectivity index (χ4v) is 2.14. The molecule has 0 saturated heterocycles. The number of esters is 1. The normalized spacial score (nSPS) is 10.1. The predicted molar refractivity (Wildman–Crippen MR) is 95.6 cm³/mol. The molecule has 0 unspecified atom stereocenters. The molecule has 2 N–H and O–H groups in total. The van der Waals surface area contributed by atoms with Crippen molar-refractivity contribution in [1.29, 1.82) is 0 Å². The number of halogens is 1. The topological polar surface area (TPSA) is 67.4 Å². The molecule has 2 rings (SSSR count). The van der Waals surface area contributed by atoms with E-state index in [0.717, 1.165) is 5.69 Å². The maximum Gasteiger partial charge on any atom is 0.338 e. The summed E-state index contributed by atoms with van der Waals surface area (Å²) < 4.78 is 4.91. The molecule has 0 spiro atoms. The molecule has 0 aliphatic heterocycles. The SMILES string of the molecule is CCOC(=O)c1ccc(NC(=O)CCNc2ccc(Cl)cc2)cc1. The minimum absolute atomic E-state index is 0.111. The average Bonchev–Trinajstić information content (AvgIpc) is 2.57. The molecule has 5 nitrogen and oxygen atoms in total. The molecule has 1 amide bonds. The van der Waals surface area contributed by atoms with E-state index in [1.165, 1.54) is 0 Å². The number of rotatable bonds is 7. The summed E-state index contributed by atoms with van der Waals surface area (Å²) in [6, 6.07) is 13.9. The van der Waals surface area contributed by atoms with Crippen molar-refractivity contribution in [2.75, 3.05) is 23.8 Å². The summed E-state index contributed by atoms with van der Waals surface area (Å²) >= 11 is 5.81. The van der Waals surface area contributed by atoms with Crippen molar-refractivity contribution in [2.45, 2.75) is 13.3 Å². The third-order valence-corrected chi connectivity index (χ3v) is 3.46. The van der Waals surface area contributed by atoms with Gasteiger partial charge in [-0.25, -0.2) is 4.79 Å². The Morgan fingerprint density at radius 1 is 1.00 bits per heavy atom. The molecule has 126 valence electrons. The number of carbonyl (C=O) groups excluding carboxylic acids is 2. The fraction of sp³-hybridized carbons (Fsp3) is 0.222. The van der Waals surface area contributed by atoms with Crippen LogP contribution in [0.25, 0.3) is 0 Å². The van der Waals surface area contributed by atoms with E-state index in [4.69, 9.17) is 16.3 Å². The van der Waals surface area contributed by atoms with Crippen LogP contribution in [0.2, 0.25) is 5.02 Å². The standard InChI is InChI=1S/C18H19ClN2O3/c1-2-24-18(23)13-3-7-16(8-4-13)21-17(22)11-12-20-15-9-5-14(19)6-10-15/h3-10,20H,2,11-12H2,1H3,(H,21,22). The van der Waals surface area contributed by atoms with Gasteiger partial charge in [-0.1, -0.05) is 11.6 Å². The lowest BCUT2D eigenvalue weighted by Gasteiger charge is -2.08. The zero-order valence-electron chi connectivity index (χ0n) is 13.3. The van der Waals surface area contributed by atoms with E-state index in [0.29, 0.717) is 35.8 Å². The van der Waals surface area contributed by atoms with E-state index in [1.54, 1.807) is 43.3 Å². The Morgan fingerprint density at radius 2 is 1.62 bits per heavy atom. The Labute approximate surface area is 146 Å². The molecule has 24 heavy (non-hydrogen) atoms. The fourth-order valence-electron chi connectivity index (χ4n) is 2.02. The number of nitrogens with one attached hydrogen (secondary N) is 2. The Morgan fingerprint density at radius 3 is 2.25 bits per heavy atom. The quantitative estimate of drug-likeness (QED) is 0.745. The van der Waals surface area contributed by atoms with E-state index < -0.39 is 0 Å². The third-order valence-electron chi connectivity index (χ3n) is 3.21. The maximum absolute atomic E-state index is 11.9. The first kappa shape index (κ1) is 17.8. The number of ether oxygens (including phenoxy) is 1. The zero-order valence-corrected chi connectivity index (χ0v) is 14.1. The minimum Gasteiger partial charge on any atom is -0.462 e. The molecule has 0 aliphatic carbocycles. The second-order valence-electron chi connectivity index (χ2n) is 5.03. The summed E-state index contributed by atoms with van der Waals surface area (Å²) in [6.45, 7) is 2.59. The lowest BCUT2D eigenvalue weighted by atomic mass is 10.2. The molecule has 0 aromatic heterocycles. The predicted octanol–water partition coefficient (Wildman–Crippen LogP) is 3.96. The van der Waals surface area contributed by atoms with Gasteiger partial charge in [-0.2, -0.15) is 0 Å². The smallest absolute Gasteiger partial charge is 0.338 e. The van der Waals surface area contributed by atoms with Crippen molar-refractivity contribution in [3.05, 3.63) is 59.1 Å². The van der Waals surface area contributed by atoms with Gasteiger partial charge in [0, 0.05) is 29.4 Å². The van der Waals surface area contributed by atoms with Crippen molar-refractivity contribution in [3.8, 4) is 0 Å². The van der Waals surface area contributed by atoms with Crippen LogP contribution in [0.5, 0.6) is 0 Å². The first-order valence-corrected chi connectivity index (χ1v) is 8.02. The second kappa shape index (κ2) is 8.93. The van der Waals surface area contributed by atoms with Crippen molar-refractivity contribution in [1.82, 2.24) is 0 Å². The van der Waals surface area contributed by atoms with Crippen LogP contribution < -0.4 is 10.6 Å². The minimum atomic E-state index is -0.373. The van der Waals surface area contributed by atoms with E-state index in [1.807, 2.05) is 12.1 Å². The Balaban J connectivity index is 1.77. The summed E-state index contributed by atoms with van der Waals surface area (Å²) in [5, 5.41) is 6.60. The van der Waals surface area contributed by atoms with Crippen LogP contribution in [0, 0.1) is 0 Å². The molecule has 0 heterocycles. The van der Waals surface area contributed by atoms with Crippen LogP contribution in [-0.2, 0) is 9.53 Å². The van der Waals surface area contributed by atoms with E-state index in [9.17, 15) is 9.59 Å². The molecule has 0 aliphatic rings. The van der Waals surface area contributed by atoms with E-state index >= 15 is 0 Å². The molecule has 2 aromatic rings. The highest BCUT2D eigenvalue weighted by Gasteiger charge is 2.07. The highest BCUT2D eigenvalue weighted by Crippen LogP contribution is 2.14. The third kappa shape index (κ3) is 5.59. The molecule has 0 radical (unpaired) electrons. The van der Waals surface area contributed by atoms with Gasteiger partial charge < -0.3 is 15.4 Å². The molecule has 0 fully saturated rings. The van der Waals surface area contributed by atoms with Crippen molar-refractivity contribution in [3.63, 3.8) is 0 Å². The van der Waals surface area contributed by atoms with Crippen LogP contribution in [-0.4, -0.2) is 25.0 Å². The van der Waals surface area contributed by atoms with Gasteiger partial charge >= 0.3 is 5.97 Å². The van der Waals surface area contributed by atoms with Crippen molar-refractivity contribution < 1.29 is 14.3 Å². The van der Waals surface area contributed by atoms with Crippen LogP contribution in [0.15, 0.2) is 48.5 Å². The highest BCUT2D eigenvalue weighted by molar-refractivity contribution is 6.30. The van der Waals surface area contributed by atoms with Gasteiger partial charge in [0.2, 0.25) is 5.91 Å². The van der Waals surface area contributed by atoms with Gasteiger partial charge in [0.1, 0.15) is 0 Å². The van der Waals surface area contributed by atoms with Gasteiger partial charge in [0.15, 0.2) is 0 Å². The number of benzene rings is 2. The summed E-state index contributed by atoms with van der Waals surface area (Å²) in [5.41, 5.74) is 2.00. The number of hydrogen-bond donors (Lipinski definition) is 2. The van der Waals surface area contributed by atoms with E-state index in [-0.39, 0.29) is 11.9 Å². The molecule has 0 bridgehead atoms. The lowest BCUT2D eigenvalue weighted by Crippen LogP contribution is -2.16. The summed E-state index contributed by atoms with van der Waals surface area (Å²) in [5.74, 6) is -0.483. The van der Waals surface area contributed by atoms with Crippen molar-refractivity contribution in [2.24, 2.45) is 0 Å². The largest absolute Gasteiger partial charge is 0.462 e. The van der Waals surface area contributed by atoms with Gasteiger partial charge in [-0.15, -0.1) is 0 Å². The van der Waals surface area contributed by atoms with Gasteiger partial charge in [0.05, 0.1) is 12.2 Å². The molecule has 2 aromatic carbocycles. The van der Waals surface area contributed by atoms with Gasteiger partial charge in [0.25, 0.3) is 0 Å². The molecular formula is C18H19ClN2O3. The summed E-state index contributed by atoms with van der Waals surface area (Å²) in [7, 11) is 0. The lowest BCUT2D eigenvalue weighted by molar-refractivity contribution is -0.115. The zero-order chi connectivity index (χ0) is 17.4. The Kier molecular flexibility index (Phi) is 6.63. The average molecular weight is 347 g/mol. The van der Waals surface area contributed by atoms with Crippen LogP contribution in [0.4, 0.5) is 11.4 Å². The van der Waals surface area contributed by atoms with Gasteiger partial charge in [-0.05, 0) is 55.5 Å². The number of anilines is 2. The van der Waals surface area contributed by atoms with Gasteiger partial charge in [-0.3, -0.25) is 4.79 Å². The number of carbonyl (C=O) groups is 2.